The van der Waals surface area contributed by atoms with E-state index in [2.05, 4.69) is 12.1 Å². The molecule has 1 aliphatic heterocycles. The highest BCUT2D eigenvalue weighted by Gasteiger charge is 2.36. The van der Waals surface area contributed by atoms with Crippen LogP contribution in [0.1, 0.15) is 23.6 Å². The van der Waals surface area contributed by atoms with Crippen LogP contribution < -0.4 is 5.73 Å². The van der Waals surface area contributed by atoms with Gasteiger partial charge in [0.1, 0.15) is 5.54 Å². The zero-order chi connectivity index (χ0) is 14.2. The van der Waals surface area contributed by atoms with Gasteiger partial charge in [-0.15, -0.1) is 0 Å². The molecule has 0 saturated carbocycles. The Morgan fingerprint density at radius 3 is 2.05 bits per heavy atom. The second kappa shape index (κ2) is 4.76. The maximum atomic E-state index is 12.7. The van der Waals surface area contributed by atoms with E-state index in [0.717, 1.165) is 5.56 Å². The van der Waals surface area contributed by atoms with E-state index in [1.807, 2.05) is 47.4 Å². The average Bonchev–Trinajstić information content (AvgIpc) is 2.91. The molecule has 0 radical (unpaired) electrons. The molecule has 2 aromatic carbocycles. The normalized spacial score (nSPS) is 16.6. The van der Waals surface area contributed by atoms with Crippen LogP contribution in [0.5, 0.6) is 0 Å². The zero-order valence-corrected chi connectivity index (χ0v) is 11.5. The first-order chi connectivity index (χ1) is 9.59. The van der Waals surface area contributed by atoms with E-state index >= 15 is 0 Å². The van der Waals surface area contributed by atoms with E-state index in [-0.39, 0.29) is 5.91 Å². The summed E-state index contributed by atoms with van der Waals surface area (Å²) in [4.78, 5) is 14.6. The fraction of sp³-hybridized carbons (Fsp3) is 0.235. The standard InChI is InChI=1S/C17H18N2O/c1-17(18,15-9-3-2-4-10-15)16(20)19-11-13-7-5-6-8-14(13)12-19/h2-10H,11-12,18H2,1H3. The van der Waals surface area contributed by atoms with Gasteiger partial charge in [0.05, 0.1) is 0 Å². The number of amides is 1. The van der Waals surface area contributed by atoms with Crippen molar-refractivity contribution in [1.82, 2.24) is 4.90 Å². The number of carbonyl (C=O) groups excluding carboxylic acids is 1. The molecule has 2 aromatic rings. The van der Waals surface area contributed by atoms with Gasteiger partial charge >= 0.3 is 0 Å². The molecule has 102 valence electrons. The van der Waals surface area contributed by atoms with Gasteiger partial charge in [0, 0.05) is 13.1 Å². The zero-order valence-electron chi connectivity index (χ0n) is 11.5. The predicted octanol–water partition coefficient (Wildman–Crippen LogP) is 2.40. The molecule has 20 heavy (non-hydrogen) atoms. The Balaban J connectivity index is 1.84. The van der Waals surface area contributed by atoms with E-state index in [4.69, 9.17) is 5.73 Å². The summed E-state index contributed by atoms with van der Waals surface area (Å²) in [5, 5.41) is 0. The fourth-order valence-electron chi connectivity index (χ4n) is 2.71. The van der Waals surface area contributed by atoms with E-state index in [9.17, 15) is 4.79 Å². The number of hydrogen-bond donors (Lipinski definition) is 1. The lowest BCUT2D eigenvalue weighted by atomic mass is 9.92. The Kier molecular flexibility index (Phi) is 3.07. The number of rotatable bonds is 2. The fourth-order valence-corrected chi connectivity index (χ4v) is 2.71. The van der Waals surface area contributed by atoms with Gasteiger partial charge < -0.3 is 10.6 Å². The summed E-state index contributed by atoms with van der Waals surface area (Å²) in [6.45, 7) is 3.08. The largest absolute Gasteiger partial charge is 0.332 e. The molecule has 1 heterocycles. The third kappa shape index (κ3) is 2.10. The van der Waals surface area contributed by atoms with Crippen LogP contribution in [0.25, 0.3) is 0 Å². The van der Waals surface area contributed by atoms with Crippen molar-refractivity contribution < 1.29 is 4.79 Å². The van der Waals surface area contributed by atoms with E-state index in [0.29, 0.717) is 13.1 Å². The molecule has 1 unspecified atom stereocenters. The third-order valence-electron chi connectivity index (χ3n) is 3.95. The summed E-state index contributed by atoms with van der Waals surface area (Å²) in [7, 11) is 0. The average molecular weight is 266 g/mol. The molecular formula is C17H18N2O. The lowest BCUT2D eigenvalue weighted by molar-refractivity contribution is -0.137. The Hall–Kier alpha value is -2.13. The quantitative estimate of drug-likeness (QED) is 0.907. The van der Waals surface area contributed by atoms with Gasteiger partial charge in [-0.2, -0.15) is 0 Å². The summed E-state index contributed by atoms with van der Waals surface area (Å²) in [6, 6.07) is 17.7. The molecule has 1 amide bonds. The molecule has 0 saturated heterocycles. The molecule has 0 spiro atoms. The number of nitrogens with zero attached hydrogens (tertiary/aromatic N) is 1. The molecule has 3 nitrogen and oxygen atoms in total. The molecule has 3 heteroatoms. The minimum Gasteiger partial charge on any atom is -0.332 e. The summed E-state index contributed by atoms with van der Waals surface area (Å²) in [5.74, 6) is -0.0279. The summed E-state index contributed by atoms with van der Waals surface area (Å²) in [5.41, 5.74) is 8.60. The van der Waals surface area contributed by atoms with Gasteiger partial charge in [0.2, 0.25) is 5.91 Å². The van der Waals surface area contributed by atoms with Crippen LogP contribution in [0.2, 0.25) is 0 Å². The second-order valence-corrected chi connectivity index (χ2v) is 5.50. The number of nitrogens with two attached hydrogens (primary N) is 1. The lowest BCUT2D eigenvalue weighted by Gasteiger charge is -2.29. The summed E-state index contributed by atoms with van der Waals surface area (Å²) in [6.07, 6.45) is 0. The Morgan fingerprint density at radius 2 is 1.50 bits per heavy atom. The van der Waals surface area contributed by atoms with Crippen molar-refractivity contribution in [2.75, 3.05) is 0 Å². The number of fused-ring (bicyclic) bond motifs is 1. The van der Waals surface area contributed by atoms with Crippen LogP contribution in [0.3, 0.4) is 0 Å². The SMILES string of the molecule is CC(N)(C(=O)N1Cc2ccccc2C1)c1ccccc1. The number of benzene rings is 2. The first-order valence-corrected chi connectivity index (χ1v) is 6.79. The molecule has 0 aromatic heterocycles. The van der Waals surface area contributed by atoms with Crippen molar-refractivity contribution in [2.24, 2.45) is 5.73 Å². The third-order valence-corrected chi connectivity index (χ3v) is 3.95. The maximum Gasteiger partial charge on any atom is 0.247 e. The highest BCUT2D eigenvalue weighted by Crippen LogP contribution is 2.27. The highest BCUT2D eigenvalue weighted by atomic mass is 16.2. The molecule has 1 atom stereocenters. The van der Waals surface area contributed by atoms with Gasteiger partial charge in [-0.1, -0.05) is 54.6 Å². The molecule has 1 aliphatic rings. The smallest absolute Gasteiger partial charge is 0.247 e. The first-order valence-electron chi connectivity index (χ1n) is 6.79. The molecule has 0 aliphatic carbocycles. The maximum absolute atomic E-state index is 12.7. The van der Waals surface area contributed by atoms with Gasteiger partial charge in [0.15, 0.2) is 0 Å². The van der Waals surface area contributed by atoms with Crippen molar-refractivity contribution in [1.29, 1.82) is 0 Å². The molecule has 2 N–H and O–H groups in total. The predicted molar refractivity (Wildman–Crippen MR) is 78.7 cm³/mol. The van der Waals surface area contributed by atoms with E-state index in [1.165, 1.54) is 11.1 Å². The van der Waals surface area contributed by atoms with Crippen LogP contribution in [-0.4, -0.2) is 10.8 Å². The molecule has 3 rings (SSSR count). The molecule has 0 bridgehead atoms. The molecular weight excluding hydrogens is 248 g/mol. The minimum absolute atomic E-state index is 0.0279. The molecule has 0 fully saturated rings. The lowest BCUT2D eigenvalue weighted by Crippen LogP contribution is -2.49. The summed E-state index contributed by atoms with van der Waals surface area (Å²) < 4.78 is 0. The Labute approximate surface area is 119 Å². The van der Waals surface area contributed by atoms with Gasteiger partial charge in [-0.25, -0.2) is 0 Å². The van der Waals surface area contributed by atoms with Gasteiger partial charge in [-0.3, -0.25) is 4.79 Å². The van der Waals surface area contributed by atoms with Crippen LogP contribution in [0.4, 0.5) is 0 Å². The topological polar surface area (TPSA) is 46.3 Å². The van der Waals surface area contributed by atoms with Crippen LogP contribution in [-0.2, 0) is 23.4 Å². The van der Waals surface area contributed by atoms with Gasteiger partial charge in [0.25, 0.3) is 0 Å². The Bertz CT molecular complexity index is 609. The summed E-state index contributed by atoms with van der Waals surface area (Å²) >= 11 is 0. The van der Waals surface area contributed by atoms with Crippen LogP contribution in [0.15, 0.2) is 54.6 Å². The number of hydrogen-bond acceptors (Lipinski definition) is 2. The number of carbonyl (C=O) groups is 1. The van der Waals surface area contributed by atoms with Crippen LogP contribution >= 0.6 is 0 Å². The van der Waals surface area contributed by atoms with E-state index < -0.39 is 5.54 Å². The van der Waals surface area contributed by atoms with Crippen molar-refractivity contribution in [3.05, 3.63) is 71.3 Å². The van der Waals surface area contributed by atoms with E-state index in [1.54, 1.807) is 6.92 Å². The highest BCUT2D eigenvalue weighted by molar-refractivity contribution is 5.87. The Morgan fingerprint density at radius 1 is 1.00 bits per heavy atom. The van der Waals surface area contributed by atoms with Crippen molar-refractivity contribution in [2.45, 2.75) is 25.6 Å². The van der Waals surface area contributed by atoms with Crippen LogP contribution in [0, 0.1) is 0 Å². The van der Waals surface area contributed by atoms with Crippen molar-refractivity contribution in [3.8, 4) is 0 Å². The van der Waals surface area contributed by atoms with Gasteiger partial charge in [-0.05, 0) is 23.6 Å². The first kappa shape index (κ1) is 12.9. The second-order valence-electron chi connectivity index (χ2n) is 5.50. The van der Waals surface area contributed by atoms with Crippen molar-refractivity contribution in [3.63, 3.8) is 0 Å². The monoisotopic (exact) mass is 266 g/mol. The van der Waals surface area contributed by atoms with Crippen molar-refractivity contribution >= 4 is 5.91 Å². The minimum atomic E-state index is -0.983.